The van der Waals surface area contributed by atoms with Crippen LogP contribution in [0.2, 0.25) is 0 Å². The molecular weight excluding hydrogens is 302 g/mol. The van der Waals surface area contributed by atoms with Gasteiger partial charge in [0.25, 0.3) is 5.91 Å². The van der Waals surface area contributed by atoms with Gasteiger partial charge in [-0.05, 0) is 17.9 Å². The molecule has 3 aliphatic heterocycles. The van der Waals surface area contributed by atoms with Gasteiger partial charge >= 0.3 is 0 Å². The predicted molar refractivity (Wildman–Crippen MR) is 81.2 cm³/mol. The summed E-state index contributed by atoms with van der Waals surface area (Å²) in [7, 11) is 1.57. The van der Waals surface area contributed by atoms with Gasteiger partial charge in [0.1, 0.15) is 5.54 Å². The van der Waals surface area contributed by atoms with E-state index >= 15 is 0 Å². The molecule has 4 rings (SSSR count). The van der Waals surface area contributed by atoms with E-state index in [4.69, 9.17) is 0 Å². The van der Waals surface area contributed by atoms with Crippen molar-refractivity contribution in [2.24, 2.45) is 0 Å². The number of hydrogen-bond donors (Lipinski definition) is 1. The lowest BCUT2D eigenvalue weighted by Crippen LogP contribution is -2.80. The van der Waals surface area contributed by atoms with Crippen molar-refractivity contribution >= 4 is 23.2 Å². The van der Waals surface area contributed by atoms with Crippen LogP contribution in [0.25, 0.3) is 0 Å². The molecule has 1 N–H and O–H groups in total. The highest BCUT2D eigenvalue weighted by molar-refractivity contribution is 7.09. The van der Waals surface area contributed by atoms with Crippen molar-refractivity contribution in [1.29, 1.82) is 0 Å². The summed E-state index contributed by atoms with van der Waals surface area (Å²) in [5.74, 6) is -0.297. The van der Waals surface area contributed by atoms with Crippen molar-refractivity contribution in [2.45, 2.75) is 30.7 Å². The van der Waals surface area contributed by atoms with E-state index in [1.54, 1.807) is 18.4 Å². The molecule has 1 aromatic heterocycles. The quantitative estimate of drug-likeness (QED) is 0.760. The number of piperazine rings is 1. The summed E-state index contributed by atoms with van der Waals surface area (Å²) in [5, 5.41) is 12.0. The number of rotatable bonds is 2. The molecule has 0 radical (unpaired) electrons. The lowest BCUT2D eigenvalue weighted by molar-refractivity contribution is -0.178. The summed E-state index contributed by atoms with van der Waals surface area (Å²) in [4.78, 5) is 31.7. The molecule has 2 amide bonds. The predicted octanol–water partition coefficient (Wildman–Crippen LogP) is -0.264. The van der Waals surface area contributed by atoms with Gasteiger partial charge in [-0.3, -0.25) is 24.3 Å². The molecule has 0 bridgehead atoms. The van der Waals surface area contributed by atoms with Crippen LogP contribution in [-0.2, 0) is 16.1 Å². The zero-order valence-corrected chi connectivity index (χ0v) is 13.3. The van der Waals surface area contributed by atoms with Crippen molar-refractivity contribution in [2.75, 3.05) is 26.7 Å². The Morgan fingerprint density at radius 1 is 1.41 bits per heavy atom. The first-order valence-electron chi connectivity index (χ1n) is 7.53. The van der Waals surface area contributed by atoms with Crippen LogP contribution >= 0.6 is 11.3 Å². The van der Waals surface area contributed by atoms with Crippen molar-refractivity contribution < 1.29 is 14.7 Å². The van der Waals surface area contributed by atoms with Crippen LogP contribution in [0.3, 0.4) is 0 Å². The molecule has 0 aliphatic carbocycles. The first kappa shape index (κ1) is 14.3. The summed E-state index contributed by atoms with van der Waals surface area (Å²) in [6.45, 7) is 2.52. The Morgan fingerprint density at radius 2 is 2.18 bits per heavy atom. The first-order valence-corrected chi connectivity index (χ1v) is 8.41. The van der Waals surface area contributed by atoms with Crippen molar-refractivity contribution in [3.8, 4) is 0 Å². The fourth-order valence-electron chi connectivity index (χ4n) is 4.02. The highest BCUT2D eigenvalue weighted by Gasteiger charge is 2.63. The normalized spacial score (nSPS) is 31.6. The second-order valence-corrected chi connectivity index (χ2v) is 7.55. The summed E-state index contributed by atoms with van der Waals surface area (Å²) < 4.78 is 0. The zero-order chi connectivity index (χ0) is 15.5. The minimum atomic E-state index is -0.623. The molecule has 118 valence electrons. The molecule has 22 heavy (non-hydrogen) atoms. The monoisotopic (exact) mass is 321 g/mol. The second-order valence-electron chi connectivity index (χ2n) is 6.52. The Kier molecular flexibility index (Phi) is 3.16. The Balaban J connectivity index is 1.55. The molecule has 3 aliphatic rings. The molecule has 3 fully saturated rings. The molecule has 1 spiro atoms. The van der Waals surface area contributed by atoms with E-state index in [9.17, 15) is 14.7 Å². The average Bonchev–Trinajstić information content (AvgIpc) is 3.08. The first-order chi connectivity index (χ1) is 10.5. The van der Waals surface area contributed by atoms with Crippen LogP contribution in [0.5, 0.6) is 0 Å². The molecule has 4 heterocycles. The van der Waals surface area contributed by atoms with Gasteiger partial charge in [-0.15, -0.1) is 11.3 Å². The number of imide groups is 1. The number of thiophene rings is 1. The van der Waals surface area contributed by atoms with Crippen molar-refractivity contribution in [3.05, 3.63) is 22.4 Å². The minimum absolute atomic E-state index is 0.120. The smallest absolute Gasteiger partial charge is 0.252 e. The number of hydrogen-bond acceptors (Lipinski definition) is 6. The Hall–Kier alpha value is -1.28. The highest BCUT2D eigenvalue weighted by Crippen LogP contribution is 2.40. The maximum Gasteiger partial charge on any atom is 0.252 e. The number of likely N-dealkylation sites (tertiary alicyclic amines) is 1. The Morgan fingerprint density at radius 3 is 2.86 bits per heavy atom. The van der Waals surface area contributed by atoms with Crippen LogP contribution in [-0.4, -0.2) is 76.0 Å². The van der Waals surface area contributed by atoms with Gasteiger partial charge in [-0.1, -0.05) is 6.07 Å². The van der Waals surface area contributed by atoms with E-state index in [2.05, 4.69) is 16.3 Å². The Labute approximate surface area is 132 Å². The lowest BCUT2D eigenvalue weighted by Gasteiger charge is -2.58. The summed E-state index contributed by atoms with van der Waals surface area (Å²) >= 11 is 1.71. The van der Waals surface area contributed by atoms with E-state index in [-0.39, 0.29) is 17.9 Å². The molecule has 0 aromatic carbocycles. The van der Waals surface area contributed by atoms with E-state index < -0.39 is 11.6 Å². The fraction of sp³-hybridized carbons (Fsp3) is 0.600. The number of β-amino-alcohol motifs (C(OH)–C–C–N with tert-alkyl or cyclic N) is 1. The number of aliphatic hydroxyl groups excluding tert-OH is 1. The summed E-state index contributed by atoms with van der Waals surface area (Å²) in [6, 6.07) is 3.78. The van der Waals surface area contributed by atoms with E-state index in [0.717, 1.165) is 6.54 Å². The number of likely N-dealkylation sites (N-methyl/N-ethyl adjacent to an activating group) is 1. The number of aliphatic hydroxyl groups is 1. The average molecular weight is 321 g/mol. The Bertz CT molecular complexity index is 612. The topological polar surface area (TPSA) is 64.1 Å². The largest absolute Gasteiger partial charge is 0.392 e. The van der Waals surface area contributed by atoms with Gasteiger partial charge in [0, 0.05) is 38.1 Å². The molecular formula is C15H19N3O3S. The van der Waals surface area contributed by atoms with Gasteiger partial charge in [-0.2, -0.15) is 0 Å². The molecule has 2 atom stereocenters. The third-order valence-corrected chi connectivity index (χ3v) is 5.94. The fourth-order valence-corrected chi connectivity index (χ4v) is 4.77. The van der Waals surface area contributed by atoms with Crippen LogP contribution in [0.4, 0.5) is 0 Å². The van der Waals surface area contributed by atoms with Crippen LogP contribution in [0.15, 0.2) is 17.5 Å². The molecule has 0 saturated carbocycles. The van der Waals surface area contributed by atoms with Crippen molar-refractivity contribution in [1.82, 2.24) is 14.7 Å². The molecule has 6 nitrogen and oxygen atoms in total. The molecule has 0 unspecified atom stereocenters. The van der Waals surface area contributed by atoms with Gasteiger partial charge in [0.15, 0.2) is 0 Å². The van der Waals surface area contributed by atoms with Crippen LogP contribution in [0.1, 0.15) is 11.3 Å². The third-order valence-electron chi connectivity index (χ3n) is 5.08. The van der Waals surface area contributed by atoms with E-state index in [1.807, 2.05) is 11.0 Å². The van der Waals surface area contributed by atoms with E-state index in [0.29, 0.717) is 26.1 Å². The zero-order valence-electron chi connectivity index (χ0n) is 12.4. The second kappa shape index (κ2) is 4.86. The molecule has 3 saturated heterocycles. The van der Waals surface area contributed by atoms with Gasteiger partial charge in [0.05, 0.1) is 12.1 Å². The SMILES string of the molecule is CN1C(=O)[C@@H]2C[C@@H](O)CN2C2(CN(Cc3cccs3)C2)C1=O. The van der Waals surface area contributed by atoms with Gasteiger partial charge in [-0.25, -0.2) is 0 Å². The number of amides is 2. The standard InChI is InChI=1S/C15H19N3O3S/c1-16-13(20)12-5-10(19)6-18(12)15(14(16)21)8-17(9-15)7-11-3-2-4-22-11/h2-4,10,12,19H,5-9H2,1H3/t10-,12+/m1/s1. The van der Waals surface area contributed by atoms with Gasteiger partial charge < -0.3 is 5.11 Å². The van der Waals surface area contributed by atoms with Crippen LogP contribution in [0, 0.1) is 0 Å². The van der Waals surface area contributed by atoms with E-state index in [1.165, 1.54) is 9.78 Å². The number of nitrogens with zero attached hydrogens (tertiary/aromatic N) is 3. The number of carbonyl (C=O) groups is 2. The lowest BCUT2D eigenvalue weighted by atomic mass is 9.82. The molecule has 1 aromatic rings. The highest BCUT2D eigenvalue weighted by atomic mass is 32.1. The molecule has 7 heteroatoms. The van der Waals surface area contributed by atoms with Gasteiger partial charge in [0.2, 0.25) is 5.91 Å². The minimum Gasteiger partial charge on any atom is -0.392 e. The maximum atomic E-state index is 12.7. The number of fused-ring (bicyclic) bond motifs is 2. The van der Waals surface area contributed by atoms with Crippen LogP contribution < -0.4 is 0 Å². The summed E-state index contributed by atoms with van der Waals surface area (Å²) in [6.07, 6.45) is -0.0835. The summed E-state index contributed by atoms with van der Waals surface area (Å²) in [5.41, 5.74) is -0.623. The van der Waals surface area contributed by atoms with Crippen molar-refractivity contribution in [3.63, 3.8) is 0 Å². The number of carbonyl (C=O) groups excluding carboxylic acids is 2. The maximum absolute atomic E-state index is 12.7. The third kappa shape index (κ3) is 1.89.